The van der Waals surface area contributed by atoms with Gasteiger partial charge in [0, 0.05) is 43.2 Å². The molecule has 0 amide bonds. The minimum Gasteiger partial charge on any atom is -0.501 e. The fourth-order valence-corrected chi connectivity index (χ4v) is 10.2. The molecule has 0 spiro atoms. The third-order valence-corrected chi connectivity index (χ3v) is 14.9. The molecule has 355 valence electrons. The fraction of sp³-hybridized carbons (Fsp3) is 0.250. The maximum absolute atomic E-state index is 12.8. The van der Waals surface area contributed by atoms with Crippen molar-refractivity contribution < 1.29 is 28.9 Å². The number of pyridine rings is 1. The summed E-state index contributed by atoms with van der Waals surface area (Å²) in [6.07, 6.45) is 1.87. The van der Waals surface area contributed by atoms with Crippen LogP contribution in [0.1, 0.15) is 116 Å². The van der Waals surface area contributed by atoms with Gasteiger partial charge in [-0.25, -0.2) is 0 Å². The van der Waals surface area contributed by atoms with Crippen LogP contribution < -0.4 is 0 Å². The molecular formula is C64H60FIrN3O-2. The van der Waals surface area contributed by atoms with Crippen LogP contribution in [-0.4, -0.2) is 14.5 Å². The number of aromatic nitrogens is 3. The Labute approximate surface area is 426 Å². The van der Waals surface area contributed by atoms with Gasteiger partial charge in [-0.1, -0.05) is 166 Å². The Hall–Kier alpha value is -6.46. The molecule has 7 aromatic carbocycles. The Morgan fingerprint density at radius 3 is 2.01 bits per heavy atom. The van der Waals surface area contributed by atoms with Crippen LogP contribution in [0.3, 0.4) is 0 Å². The maximum atomic E-state index is 12.8. The average molecular weight is 1100 g/mol. The second-order valence-corrected chi connectivity index (χ2v) is 21.4. The van der Waals surface area contributed by atoms with E-state index < -0.39 is 0 Å². The zero-order valence-electron chi connectivity index (χ0n) is 42.0. The van der Waals surface area contributed by atoms with Gasteiger partial charge in [0.25, 0.3) is 0 Å². The zero-order chi connectivity index (χ0) is 48.6. The minimum atomic E-state index is -0.278. The Morgan fingerprint density at radius 1 is 0.657 bits per heavy atom. The Kier molecular flexibility index (Phi) is 12.7. The van der Waals surface area contributed by atoms with E-state index in [1.54, 1.807) is 6.07 Å². The molecule has 3 aromatic heterocycles. The second kappa shape index (κ2) is 18.4. The van der Waals surface area contributed by atoms with Gasteiger partial charge < -0.3 is 14.0 Å². The molecule has 1 aliphatic carbocycles. The van der Waals surface area contributed by atoms with Crippen LogP contribution in [0.15, 0.2) is 156 Å². The van der Waals surface area contributed by atoms with Gasteiger partial charge in [-0.15, -0.1) is 48.0 Å². The molecule has 0 N–H and O–H groups in total. The molecule has 10 aromatic rings. The van der Waals surface area contributed by atoms with Crippen LogP contribution in [0.5, 0.6) is 0 Å². The predicted octanol–water partition coefficient (Wildman–Crippen LogP) is 17.5. The average Bonchev–Trinajstić information content (AvgIpc) is 3.92. The van der Waals surface area contributed by atoms with Crippen molar-refractivity contribution in [2.24, 2.45) is 0 Å². The number of furan rings is 1. The van der Waals surface area contributed by atoms with Crippen molar-refractivity contribution in [2.45, 2.75) is 104 Å². The van der Waals surface area contributed by atoms with Crippen LogP contribution in [0, 0.1) is 17.9 Å². The molecule has 3 heterocycles. The first kappa shape index (κ1) is 48.6. The minimum absolute atomic E-state index is 0. The summed E-state index contributed by atoms with van der Waals surface area (Å²) in [6, 6.07) is 56.8. The van der Waals surface area contributed by atoms with Crippen LogP contribution >= 0.6 is 0 Å². The third kappa shape index (κ3) is 8.33. The smallest absolute Gasteiger partial charge is 0.120 e. The summed E-state index contributed by atoms with van der Waals surface area (Å²) in [5.74, 6) is 1.08. The van der Waals surface area contributed by atoms with E-state index in [1.165, 1.54) is 67.9 Å². The molecule has 0 bridgehead atoms. The molecular weight excluding hydrogens is 1040 g/mol. The van der Waals surface area contributed by atoms with Crippen LogP contribution in [0.4, 0.5) is 4.39 Å². The van der Waals surface area contributed by atoms with E-state index in [2.05, 4.69) is 201 Å². The number of fused-ring (bicyclic) bond motifs is 7. The van der Waals surface area contributed by atoms with E-state index in [0.29, 0.717) is 0 Å². The van der Waals surface area contributed by atoms with Crippen LogP contribution in [0.2, 0.25) is 0 Å². The largest absolute Gasteiger partial charge is 0.501 e. The zero-order valence-corrected chi connectivity index (χ0v) is 44.4. The van der Waals surface area contributed by atoms with Crippen molar-refractivity contribution in [1.29, 1.82) is 0 Å². The van der Waals surface area contributed by atoms with Crippen molar-refractivity contribution in [3.63, 3.8) is 0 Å². The van der Waals surface area contributed by atoms with E-state index in [4.69, 9.17) is 9.40 Å². The van der Waals surface area contributed by atoms with E-state index in [1.807, 2.05) is 30.5 Å². The van der Waals surface area contributed by atoms with Crippen molar-refractivity contribution >= 4 is 33.0 Å². The first-order valence-electron chi connectivity index (χ1n) is 24.3. The van der Waals surface area contributed by atoms with Gasteiger partial charge in [0.05, 0.1) is 22.4 Å². The number of benzene rings is 7. The van der Waals surface area contributed by atoms with Gasteiger partial charge in [0.2, 0.25) is 0 Å². The molecule has 0 saturated heterocycles. The monoisotopic (exact) mass is 1100 g/mol. The molecule has 1 radical (unpaired) electrons. The van der Waals surface area contributed by atoms with Gasteiger partial charge in [-0.3, -0.25) is 9.37 Å². The number of nitrogens with zero attached hydrogens (tertiary/aromatic N) is 3. The summed E-state index contributed by atoms with van der Waals surface area (Å²) in [5.41, 5.74) is 19.2. The van der Waals surface area contributed by atoms with E-state index in [0.717, 1.165) is 55.6 Å². The summed E-state index contributed by atoms with van der Waals surface area (Å²) >= 11 is 0. The maximum Gasteiger partial charge on any atom is 0.120 e. The Bertz CT molecular complexity index is 3520. The normalized spacial score (nSPS) is 13.8. The number of hydrogen-bond donors (Lipinski definition) is 0. The van der Waals surface area contributed by atoms with Crippen molar-refractivity contribution in [3.8, 4) is 50.6 Å². The first-order valence-corrected chi connectivity index (χ1v) is 24.3. The number of hydrogen-bond acceptors (Lipinski definition) is 3. The Morgan fingerprint density at radius 2 is 1.33 bits per heavy atom. The molecule has 1 aliphatic rings. The summed E-state index contributed by atoms with van der Waals surface area (Å²) in [6.45, 7) is 25.3. The predicted molar refractivity (Wildman–Crippen MR) is 285 cm³/mol. The molecule has 0 fully saturated rings. The van der Waals surface area contributed by atoms with Crippen molar-refractivity contribution in [3.05, 3.63) is 198 Å². The summed E-state index contributed by atoms with van der Waals surface area (Å²) in [5, 5.41) is 2.18. The third-order valence-electron chi connectivity index (χ3n) is 14.9. The standard InChI is InChI=1S/C49H45N2O.C15H15FN.Ir/c1-29(2)38-26-32(31-24-25-34-33-16-9-11-20-40(33)48(5,6)49(7,8)41(34)28-31)27-39(30(3)4)45(38)51-43-22-13-12-21-42(43)50-47(51)37-19-15-18-36-35-17-10-14-23-44(35)52-46(36)37;1-15(2,3)12-6-9-14(17-10-12)11-4-7-13(16)8-5-11;/h9-18,20-30H,1-8H3;4,6-10H,1-3H3;/q2*-1;. The number of imidazole rings is 1. The van der Waals surface area contributed by atoms with Gasteiger partial charge in [-0.05, 0) is 120 Å². The SMILES string of the molecule is CC(C)(C)c1ccc(-c2[c-]cc(F)cc2)nc1.CC(C)c1cc(-c2ccc3c(c2)C(C)(C)C(C)(C)c2ccccc2-3)cc(C(C)C)c1-n1c(-c2[c-]ccc3c2oc2ccccc23)nc2ccccc21.[Ir]. The van der Waals surface area contributed by atoms with Crippen LogP contribution in [-0.2, 0) is 36.4 Å². The first-order chi connectivity index (χ1) is 32.9. The van der Waals surface area contributed by atoms with E-state index >= 15 is 0 Å². The van der Waals surface area contributed by atoms with Crippen LogP contribution in [0.25, 0.3) is 83.6 Å². The summed E-state index contributed by atoms with van der Waals surface area (Å²) < 4.78 is 21.7. The Balaban J connectivity index is 0.000000286. The van der Waals surface area contributed by atoms with E-state index in [-0.39, 0.29) is 54.0 Å². The van der Waals surface area contributed by atoms with Gasteiger partial charge >= 0.3 is 0 Å². The fourth-order valence-electron chi connectivity index (χ4n) is 10.2. The number of rotatable bonds is 6. The topological polar surface area (TPSA) is 43.9 Å². The molecule has 0 unspecified atom stereocenters. The molecule has 11 rings (SSSR count). The number of halogens is 1. The van der Waals surface area contributed by atoms with Crippen molar-refractivity contribution in [2.75, 3.05) is 0 Å². The molecule has 0 atom stereocenters. The number of para-hydroxylation sites is 3. The van der Waals surface area contributed by atoms with E-state index in [9.17, 15) is 4.39 Å². The van der Waals surface area contributed by atoms with Gasteiger partial charge in [0.15, 0.2) is 0 Å². The molecule has 4 nitrogen and oxygen atoms in total. The molecule has 6 heteroatoms. The quantitative estimate of drug-likeness (QED) is 0.156. The van der Waals surface area contributed by atoms with Gasteiger partial charge in [0.1, 0.15) is 5.58 Å². The van der Waals surface area contributed by atoms with Gasteiger partial charge in [-0.2, -0.15) is 0 Å². The molecule has 0 saturated carbocycles. The summed E-state index contributed by atoms with van der Waals surface area (Å²) in [4.78, 5) is 9.72. The summed E-state index contributed by atoms with van der Waals surface area (Å²) in [7, 11) is 0. The van der Waals surface area contributed by atoms with Crippen molar-refractivity contribution in [1.82, 2.24) is 14.5 Å². The molecule has 70 heavy (non-hydrogen) atoms. The second-order valence-electron chi connectivity index (χ2n) is 21.4. The molecule has 0 aliphatic heterocycles.